The van der Waals surface area contributed by atoms with Gasteiger partial charge >= 0.3 is 0 Å². The predicted octanol–water partition coefficient (Wildman–Crippen LogP) is 1.59. The first-order valence-electron chi connectivity index (χ1n) is 9.71. The van der Waals surface area contributed by atoms with E-state index >= 15 is 0 Å². The number of carbonyl (C=O) groups excluding carboxylic acids is 1. The van der Waals surface area contributed by atoms with Gasteiger partial charge in [-0.1, -0.05) is 6.07 Å². The second-order valence-corrected chi connectivity index (χ2v) is 7.73. The summed E-state index contributed by atoms with van der Waals surface area (Å²) in [4.78, 5) is 21.0. The van der Waals surface area contributed by atoms with E-state index in [4.69, 9.17) is 0 Å². The van der Waals surface area contributed by atoms with E-state index in [-0.39, 0.29) is 5.91 Å². The van der Waals surface area contributed by atoms with Gasteiger partial charge in [0.25, 0.3) is 0 Å². The molecule has 0 radical (unpaired) electrons. The van der Waals surface area contributed by atoms with Gasteiger partial charge in [0.1, 0.15) is 6.10 Å². The number of aromatic nitrogens is 3. The summed E-state index contributed by atoms with van der Waals surface area (Å²) < 4.78 is 1.96. The maximum absolute atomic E-state index is 12.8. The highest BCUT2D eigenvalue weighted by Gasteiger charge is 2.33. The van der Waals surface area contributed by atoms with Crippen molar-refractivity contribution >= 4 is 5.91 Å². The molecule has 2 aliphatic rings. The number of aryl methyl sites for hydroxylation is 1. The minimum absolute atomic E-state index is 0.118. The third-order valence-corrected chi connectivity index (χ3v) is 5.32. The van der Waals surface area contributed by atoms with Crippen LogP contribution in [-0.2, 0) is 24.4 Å². The van der Waals surface area contributed by atoms with Crippen LogP contribution in [0.3, 0.4) is 0 Å². The number of rotatable bonds is 6. The molecular formula is C20H27N5O2. The fourth-order valence-corrected chi connectivity index (χ4v) is 3.65. The minimum atomic E-state index is -0.460. The van der Waals surface area contributed by atoms with Crippen LogP contribution < -0.4 is 0 Å². The Kier molecular flexibility index (Phi) is 5.22. The third-order valence-electron chi connectivity index (χ3n) is 5.32. The number of pyridine rings is 1. The summed E-state index contributed by atoms with van der Waals surface area (Å²) >= 11 is 0. The molecule has 0 spiro atoms. The molecule has 1 N–H and O–H groups in total. The molecule has 2 aromatic rings. The van der Waals surface area contributed by atoms with Gasteiger partial charge in [-0.3, -0.25) is 19.4 Å². The number of fused-ring (bicyclic) bond motifs is 1. The first-order valence-corrected chi connectivity index (χ1v) is 9.71. The smallest absolute Gasteiger partial charge is 0.237 e. The molecule has 1 fully saturated rings. The van der Waals surface area contributed by atoms with E-state index in [2.05, 4.69) is 10.1 Å². The van der Waals surface area contributed by atoms with E-state index < -0.39 is 6.10 Å². The molecule has 1 aliphatic heterocycles. The standard InChI is InChI=1S/C20H27N5O2/c1-23(12-16-5-2-3-8-21-16)14-19(26)24-9-4-10-25-17(13-24)11-18(22-25)20(27)15-6-7-15/h2-3,5,8,11,15,20,27H,4,6-7,9-10,12-14H2,1H3. The molecule has 3 heterocycles. The van der Waals surface area contributed by atoms with Gasteiger partial charge in [0.2, 0.25) is 5.91 Å². The average Bonchev–Trinajstić information content (AvgIpc) is 3.46. The van der Waals surface area contributed by atoms with Gasteiger partial charge < -0.3 is 10.0 Å². The zero-order valence-electron chi connectivity index (χ0n) is 15.8. The van der Waals surface area contributed by atoms with Crippen LogP contribution in [0.2, 0.25) is 0 Å². The van der Waals surface area contributed by atoms with Crippen molar-refractivity contribution in [1.29, 1.82) is 0 Å². The molecule has 1 atom stereocenters. The van der Waals surface area contributed by atoms with E-state index in [0.29, 0.717) is 25.6 Å². The molecule has 2 aromatic heterocycles. The van der Waals surface area contributed by atoms with E-state index in [0.717, 1.165) is 49.4 Å². The number of likely N-dealkylation sites (N-methyl/N-ethyl adjacent to an activating group) is 1. The molecule has 0 aromatic carbocycles. The Morgan fingerprint density at radius 2 is 2.22 bits per heavy atom. The highest BCUT2D eigenvalue weighted by Crippen LogP contribution is 2.40. The van der Waals surface area contributed by atoms with E-state index in [1.54, 1.807) is 6.20 Å². The summed E-state index contributed by atoms with van der Waals surface area (Å²) in [6, 6.07) is 7.80. The Labute approximate surface area is 159 Å². The summed E-state index contributed by atoms with van der Waals surface area (Å²) in [5.41, 5.74) is 2.73. The van der Waals surface area contributed by atoms with Gasteiger partial charge in [0.05, 0.1) is 30.2 Å². The van der Waals surface area contributed by atoms with E-state index in [1.807, 2.05) is 45.8 Å². The second-order valence-electron chi connectivity index (χ2n) is 7.73. The Balaban J connectivity index is 1.38. The molecule has 1 amide bonds. The van der Waals surface area contributed by atoms with Crippen molar-refractivity contribution in [2.75, 3.05) is 20.1 Å². The fraction of sp³-hybridized carbons (Fsp3) is 0.550. The quantitative estimate of drug-likeness (QED) is 0.837. The molecular weight excluding hydrogens is 342 g/mol. The second kappa shape index (κ2) is 7.78. The van der Waals surface area contributed by atoms with Crippen molar-refractivity contribution in [2.45, 2.75) is 45.0 Å². The largest absolute Gasteiger partial charge is 0.386 e. The molecule has 4 rings (SSSR count). The highest BCUT2D eigenvalue weighted by molar-refractivity contribution is 5.78. The highest BCUT2D eigenvalue weighted by atomic mass is 16.3. The summed E-state index contributed by atoms with van der Waals surface area (Å²) in [5.74, 6) is 0.481. The molecule has 7 nitrogen and oxygen atoms in total. The Morgan fingerprint density at radius 3 is 2.96 bits per heavy atom. The molecule has 7 heteroatoms. The van der Waals surface area contributed by atoms with Crippen molar-refractivity contribution in [3.8, 4) is 0 Å². The van der Waals surface area contributed by atoms with Crippen LogP contribution in [0.1, 0.15) is 42.4 Å². The van der Waals surface area contributed by atoms with Gasteiger partial charge in [-0.15, -0.1) is 0 Å². The minimum Gasteiger partial charge on any atom is -0.386 e. The number of carbonyl (C=O) groups is 1. The van der Waals surface area contributed by atoms with Gasteiger partial charge in [-0.25, -0.2) is 0 Å². The normalized spacial score (nSPS) is 18.3. The molecule has 1 saturated carbocycles. The van der Waals surface area contributed by atoms with E-state index in [1.165, 1.54) is 0 Å². The Hall–Kier alpha value is -2.25. The van der Waals surface area contributed by atoms with Gasteiger partial charge in [-0.05, 0) is 50.4 Å². The maximum Gasteiger partial charge on any atom is 0.237 e. The lowest BCUT2D eigenvalue weighted by Gasteiger charge is -2.23. The molecule has 0 bridgehead atoms. The predicted molar refractivity (Wildman–Crippen MR) is 101 cm³/mol. The molecule has 0 saturated heterocycles. The first kappa shape index (κ1) is 18.1. The third kappa shape index (κ3) is 4.36. The van der Waals surface area contributed by atoms with Crippen LogP contribution >= 0.6 is 0 Å². The maximum atomic E-state index is 12.8. The van der Waals surface area contributed by atoms with Crippen LogP contribution in [0.4, 0.5) is 0 Å². The monoisotopic (exact) mass is 369 g/mol. The lowest BCUT2D eigenvalue weighted by atomic mass is 10.1. The lowest BCUT2D eigenvalue weighted by molar-refractivity contribution is -0.132. The summed E-state index contributed by atoms with van der Waals surface area (Å²) in [5, 5.41) is 14.9. The zero-order chi connectivity index (χ0) is 18.8. The number of hydrogen-bond acceptors (Lipinski definition) is 5. The van der Waals surface area contributed by atoms with Crippen LogP contribution in [0.5, 0.6) is 0 Å². The van der Waals surface area contributed by atoms with Gasteiger partial charge in [0, 0.05) is 25.8 Å². The topological polar surface area (TPSA) is 74.5 Å². The Morgan fingerprint density at radius 1 is 1.37 bits per heavy atom. The number of amides is 1. The first-order chi connectivity index (χ1) is 13.1. The molecule has 1 aliphatic carbocycles. The van der Waals surface area contributed by atoms with Crippen LogP contribution in [0.15, 0.2) is 30.5 Å². The van der Waals surface area contributed by atoms with Crippen molar-refractivity contribution in [2.24, 2.45) is 5.92 Å². The molecule has 1 unspecified atom stereocenters. The molecule has 144 valence electrons. The van der Waals surface area contributed by atoms with Crippen LogP contribution in [0.25, 0.3) is 0 Å². The van der Waals surface area contributed by atoms with Gasteiger partial charge in [-0.2, -0.15) is 5.10 Å². The summed E-state index contributed by atoms with van der Waals surface area (Å²) in [6.45, 7) is 3.10. The SMILES string of the molecule is CN(CC(=O)N1CCCn2nc(C(O)C3CC3)cc2C1)Cc1ccccn1. The van der Waals surface area contributed by atoms with Crippen molar-refractivity contribution in [3.05, 3.63) is 47.5 Å². The van der Waals surface area contributed by atoms with Gasteiger partial charge in [0.15, 0.2) is 0 Å². The van der Waals surface area contributed by atoms with Crippen LogP contribution in [-0.4, -0.2) is 55.7 Å². The van der Waals surface area contributed by atoms with Crippen molar-refractivity contribution in [1.82, 2.24) is 24.6 Å². The van der Waals surface area contributed by atoms with Crippen molar-refractivity contribution in [3.63, 3.8) is 0 Å². The Bertz CT molecular complexity index is 787. The number of aliphatic hydroxyl groups excluding tert-OH is 1. The summed E-state index contributed by atoms with van der Waals surface area (Å²) in [6.07, 6.45) is 4.35. The number of aliphatic hydroxyl groups is 1. The van der Waals surface area contributed by atoms with Crippen molar-refractivity contribution < 1.29 is 9.90 Å². The summed E-state index contributed by atoms with van der Waals surface area (Å²) in [7, 11) is 1.94. The van der Waals surface area contributed by atoms with E-state index in [9.17, 15) is 9.90 Å². The zero-order valence-corrected chi connectivity index (χ0v) is 15.8. The van der Waals surface area contributed by atoms with Crippen LogP contribution in [0, 0.1) is 5.92 Å². The number of nitrogens with zero attached hydrogens (tertiary/aromatic N) is 5. The average molecular weight is 369 g/mol. The number of hydrogen-bond donors (Lipinski definition) is 1. The molecule has 27 heavy (non-hydrogen) atoms. The fourth-order valence-electron chi connectivity index (χ4n) is 3.65. The lowest BCUT2D eigenvalue weighted by Crippen LogP contribution is -2.38.